The Kier molecular flexibility index (Phi) is 49.6. The van der Waals surface area contributed by atoms with Crippen molar-refractivity contribution in [3.05, 3.63) is 97.2 Å². The molecule has 9 N–H and O–H groups in total. The zero-order valence-corrected chi connectivity index (χ0v) is 52.4. The lowest BCUT2D eigenvalue weighted by atomic mass is 9.97. The Morgan fingerprint density at radius 1 is 0.440 bits per heavy atom. The van der Waals surface area contributed by atoms with Crippen molar-refractivity contribution >= 4 is 5.91 Å². The van der Waals surface area contributed by atoms with E-state index in [4.69, 9.17) is 18.9 Å². The van der Waals surface area contributed by atoms with E-state index in [1.165, 1.54) is 109 Å². The molecule has 2 aliphatic rings. The monoisotopic (exact) mass is 1180 g/mol. The second kappa shape index (κ2) is 54.1. The quantitative estimate of drug-likeness (QED) is 0.0204. The van der Waals surface area contributed by atoms with Crippen LogP contribution in [-0.2, 0) is 23.7 Å². The van der Waals surface area contributed by atoms with E-state index in [1.807, 2.05) is 0 Å². The van der Waals surface area contributed by atoms with Crippen LogP contribution >= 0.6 is 0 Å². The molecule has 0 radical (unpaired) electrons. The summed E-state index contributed by atoms with van der Waals surface area (Å²) in [4.78, 5) is 13.3. The molecule has 84 heavy (non-hydrogen) atoms. The van der Waals surface area contributed by atoms with E-state index in [9.17, 15) is 45.6 Å². The van der Waals surface area contributed by atoms with Gasteiger partial charge in [0.15, 0.2) is 12.6 Å². The van der Waals surface area contributed by atoms with Crippen LogP contribution in [-0.4, -0.2) is 140 Å². The summed E-state index contributed by atoms with van der Waals surface area (Å²) in [6, 6.07) is -0.840. The number of hydrogen-bond donors (Lipinski definition) is 9. The normalized spacial score (nSPS) is 24.3. The van der Waals surface area contributed by atoms with Crippen molar-refractivity contribution in [2.75, 3.05) is 19.8 Å². The van der Waals surface area contributed by atoms with Gasteiger partial charge in [0.05, 0.1) is 32.0 Å². The molecule has 2 rings (SSSR count). The number of amides is 1. The average molecular weight is 1180 g/mol. The Morgan fingerprint density at radius 2 is 0.821 bits per heavy atom. The third kappa shape index (κ3) is 38.2. The molecule has 12 unspecified atom stereocenters. The summed E-state index contributed by atoms with van der Waals surface area (Å²) in [5, 5.41) is 87.5. The van der Waals surface area contributed by atoms with Gasteiger partial charge < -0.3 is 65.1 Å². The van der Waals surface area contributed by atoms with Crippen molar-refractivity contribution in [1.29, 1.82) is 0 Å². The molecule has 0 saturated carbocycles. The molecule has 2 saturated heterocycles. The van der Waals surface area contributed by atoms with Gasteiger partial charge in [0.1, 0.15) is 48.8 Å². The van der Waals surface area contributed by atoms with Crippen LogP contribution in [0, 0.1) is 0 Å². The molecule has 0 aromatic heterocycles. The molecule has 0 aromatic rings. The number of nitrogens with one attached hydrogen (secondary N) is 1. The third-order valence-corrected chi connectivity index (χ3v) is 15.8. The molecular formula is C70H121NO13. The molecule has 2 fully saturated rings. The highest BCUT2D eigenvalue weighted by Crippen LogP contribution is 2.30. The molecular weight excluding hydrogens is 1060 g/mol. The van der Waals surface area contributed by atoms with Crippen LogP contribution < -0.4 is 5.32 Å². The van der Waals surface area contributed by atoms with Crippen molar-refractivity contribution in [3.63, 3.8) is 0 Å². The standard InChI is InChI=1S/C70H121NO13/c1-3-5-7-9-11-13-15-17-19-21-22-23-24-25-26-27-28-29-30-31-32-33-34-35-36-38-40-42-44-46-48-50-52-54-62(75)71-58(59(74)53-51-49-47-45-43-41-39-37-20-18-16-14-12-10-8-6-4-2)57-81-69-67(80)65(78)68(61(56-73)83-69)84-70-66(79)64(77)63(76)60(55-72)82-70/h5,7,11,13,17,19,22-23,25-26,28-29,31-32,34-35,58-61,63-70,72-74,76-80H,3-4,6,8-10,12,14-16,18,20-21,24,27,30,33,36-57H2,1-2H3,(H,71,75)/b7-5-,13-11-,19-17-,23-22-,26-25-,29-28-,32-31-,35-34-. The Hall–Kier alpha value is -3.09. The number of carbonyl (C=O) groups excluding carboxylic acids is 1. The second-order valence-electron chi connectivity index (χ2n) is 23.2. The molecule has 0 spiro atoms. The van der Waals surface area contributed by atoms with Crippen molar-refractivity contribution in [3.8, 4) is 0 Å². The van der Waals surface area contributed by atoms with Gasteiger partial charge in [-0.15, -0.1) is 0 Å². The largest absolute Gasteiger partial charge is 0.394 e. The van der Waals surface area contributed by atoms with E-state index in [0.29, 0.717) is 12.8 Å². The lowest BCUT2D eigenvalue weighted by Gasteiger charge is -2.46. The smallest absolute Gasteiger partial charge is 0.220 e. The van der Waals surface area contributed by atoms with Crippen LogP contribution in [0.25, 0.3) is 0 Å². The number of rotatable bonds is 53. The predicted octanol–water partition coefficient (Wildman–Crippen LogP) is 13.0. The molecule has 0 aliphatic carbocycles. The van der Waals surface area contributed by atoms with Gasteiger partial charge in [0.25, 0.3) is 0 Å². The van der Waals surface area contributed by atoms with Gasteiger partial charge in [0.2, 0.25) is 5.91 Å². The number of unbranched alkanes of at least 4 members (excludes halogenated alkanes) is 24. The van der Waals surface area contributed by atoms with Crippen LogP contribution in [0.1, 0.15) is 245 Å². The van der Waals surface area contributed by atoms with Crippen LogP contribution in [0.5, 0.6) is 0 Å². The summed E-state index contributed by atoms with van der Waals surface area (Å²) in [7, 11) is 0. The summed E-state index contributed by atoms with van der Waals surface area (Å²) >= 11 is 0. The Labute approximate surface area is 509 Å². The third-order valence-electron chi connectivity index (χ3n) is 15.8. The van der Waals surface area contributed by atoms with Gasteiger partial charge >= 0.3 is 0 Å². The number of aliphatic hydroxyl groups is 8. The highest BCUT2D eigenvalue weighted by molar-refractivity contribution is 5.76. The maximum absolute atomic E-state index is 13.3. The Bertz CT molecular complexity index is 1780. The minimum Gasteiger partial charge on any atom is -0.394 e. The van der Waals surface area contributed by atoms with E-state index in [-0.39, 0.29) is 18.9 Å². The summed E-state index contributed by atoms with van der Waals surface area (Å²) in [5.74, 6) is -0.218. The molecule has 14 heteroatoms. The van der Waals surface area contributed by atoms with Gasteiger partial charge in [-0.05, 0) is 77.0 Å². The van der Waals surface area contributed by atoms with Crippen LogP contribution in [0.2, 0.25) is 0 Å². The zero-order chi connectivity index (χ0) is 60.9. The minimum absolute atomic E-state index is 0.218. The number of ether oxygens (including phenoxy) is 4. The lowest BCUT2D eigenvalue weighted by molar-refractivity contribution is -0.359. The van der Waals surface area contributed by atoms with E-state index < -0.39 is 86.8 Å². The van der Waals surface area contributed by atoms with E-state index in [2.05, 4.69) is 116 Å². The van der Waals surface area contributed by atoms with Gasteiger partial charge in [-0.1, -0.05) is 259 Å². The van der Waals surface area contributed by atoms with Crippen molar-refractivity contribution in [2.24, 2.45) is 0 Å². The van der Waals surface area contributed by atoms with Crippen molar-refractivity contribution < 1.29 is 64.6 Å². The molecule has 2 heterocycles. The van der Waals surface area contributed by atoms with Crippen molar-refractivity contribution in [1.82, 2.24) is 5.32 Å². The molecule has 14 nitrogen and oxygen atoms in total. The van der Waals surface area contributed by atoms with E-state index in [0.717, 1.165) is 103 Å². The summed E-state index contributed by atoms with van der Waals surface area (Å²) in [5.41, 5.74) is 0. The first kappa shape index (κ1) is 77.0. The van der Waals surface area contributed by atoms with Crippen LogP contribution in [0.15, 0.2) is 97.2 Å². The van der Waals surface area contributed by atoms with E-state index in [1.54, 1.807) is 0 Å². The number of allylic oxidation sites excluding steroid dienone is 16. The molecule has 0 aromatic carbocycles. The zero-order valence-electron chi connectivity index (χ0n) is 52.4. The highest BCUT2D eigenvalue weighted by Gasteiger charge is 2.51. The van der Waals surface area contributed by atoms with Gasteiger partial charge in [-0.25, -0.2) is 0 Å². The SMILES string of the molecule is CC/C=C\C/C=C\C/C=C\C/C=C\C/C=C\C/C=C\C/C=C\C/C=C\CCCCCCCCCCC(=O)NC(COC1OC(CO)C(OC2OC(CO)C(O)C(O)C2O)C(O)C1O)C(O)CCCCCCCCCCCCCCCCCCC. The summed E-state index contributed by atoms with van der Waals surface area (Å²) < 4.78 is 22.9. The first-order valence-corrected chi connectivity index (χ1v) is 33.5. The van der Waals surface area contributed by atoms with Crippen molar-refractivity contribution in [2.45, 2.75) is 319 Å². The summed E-state index contributed by atoms with van der Waals surface area (Å²) in [6.45, 7) is 2.75. The summed E-state index contributed by atoms with van der Waals surface area (Å²) in [6.07, 6.45) is 58.3. The van der Waals surface area contributed by atoms with Gasteiger partial charge in [0, 0.05) is 6.42 Å². The van der Waals surface area contributed by atoms with Gasteiger partial charge in [-0.2, -0.15) is 0 Å². The van der Waals surface area contributed by atoms with Crippen LogP contribution in [0.4, 0.5) is 0 Å². The fourth-order valence-electron chi connectivity index (χ4n) is 10.5. The average Bonchev–Trinajstić information content (AvgIpc) is 3.17. The second-order valence-corrected chi connectivity index (χ2v) is 23.2. The van der Waals surface area contributed by atoms with E-state index >= 15 is 0 Å². The number of hydrogen-bond acceptors (Lipinski definition) is 13. The fourth-order valence-corrected chi connectivity index (χ4v) is 10.5. The minimum atomic E-state index is -1.79. The molecule has 12 atom stereocenters. The number of aliphatic hydroxyl groups excluding tert-OH is 8. The van der Waals surface area contributed by atoms with Crippen LogP contribution in [0.3, 0.4) is 0 Å². The molecule has 0 bridgehead atoms. The Balaban J connectivity index is 1.68. The fraction of sp³-hybridized carbons (Fsp3) is 0.757. The Morgan fingerprint density at radius 3 is 1.26 bits per heavy atom. The maximum Gasteiger partial charge on any atom is 0.220 e. The topological polar surface area (TPSA) is 228 Å². The molecule has 484 valence electrons. The predicted molar refractivity (Wildman–Crippen MR) is 341 cm³/mol. The molecule has 2 aliphatic heterocycles. The first-order chi connectivity index (χ1) is 41.1. The lowest BCUT2D eigenvalue weighted by Crippen LogP contribution is -2.65. The first-order valence-electron chi connectivity index (χ1n) is 33.5. The maximum atomic E-state index is 13.3. The molecule has 1 amide bonds. The van der Waals surface area contributed by atoms with Gasteiger partial charge in [-0.3, -0.25) is 4.79 Å². The number of carbonyl (C=O) groups is 1. The highest BCUT2D eigenvalue weighted by atomic mass is 16.7.